The molecule has 8 aromatic carbocycles. The van der Waals surface area contributed by atoms with Gasteiger partial charge in [-0.15, -0.1) is 0 Å². The minimum absolute atomic E-state index is 0.849. The molecule has 3 heterocycles. The van der Waals surface area contributed by atoms with Crippen molar-refractivity contribution in [3.05, 3.63) is 170 Å². The van der Waals surface area contributed by atoms with E-state index in [0.717, 1.165) is 88.4 Å². The molecule has 0 fully saturated rings. The highest BCUT2D eigenvalue weighted by molar-refractivity contribution is 6.24. The molecule has 0 spiro atoms. The van der Waals surface area contributed by atoms with Gasteiger partial charge >= 0.3 is 0 Å². The van der Waals surface area contributed by atoms with Crippen LogP contribution in [0, 0.1) is 0 Å². The maximum absolute atomic E-state index is 6.74. The Bertz CT molecular complexity index is 3110. The summed E-state index contributed by atoms with van der Waals surface area (Å²) in [4.78, 5) is 2.43. The van der Waals surface area contributed by atoms with E-state index in [0.29, 0.717) is 0 Å². The van der Waals surface area contributed by atoms with Crippen LogP contribution in [-0.2, 0) is 0 Å². The molecule has 0 N–H and O–H groups in total. The van der Waals surface area contributed by atoms with E-state index in [1.807, 2.05) is 18.2 Å². The van der Waals surface area contributed by atoms with E-state index in [-0.39, 0.29) is 0 Å². The number of hydrogen-bond acceptors (Lipinski definition) is 3. The first kappa shape index (κ1) is 27.2. The van der Waals surface area contributed by atoms with Crippen LogP contribution in [-0.4, -0.2) is 4.57 Å². The molecule has 0 amide bonds. The summed E-state index contributed by atoms with van der Waals surface area (Å²) < 4.78 is 15.6. The van der Waals surface area contributed by atoms with Gasteiger partial charge in [-0.1, -0.05) is 103 Å². The highest BCUT2D eigenvalue weighted by atomic mass is 16.3. The fraction of sp³-hybridized carbons (Fsp3) is 0. The molecular formula is C46H28N2O2. The number of para-hydroxylation sites is 4. The van der Waals surface area contributed by atoms with Gasteiger partial charge in [0.15, 0.2) is 0 Å². The summed E-state index contributed by atoms with van der Waals surface area (Å²) in [5.41, 5.74) is 10.1. The van der Waals surface area contributed by atoms with Crippen LogP contribution in [0.3, 0.4) is 0 Å². The van der Waals surface area contributed by atoms with Crippen molar-refractivity contribution in [2.75, 3.05) is 4.90 Å². The summed E-state index contributed by atoms with van der Waals surface area (Å²) in [5, 5.41) is 8.90. The first-order valence-electron chi connectivity index (χ1n) is 16.9. The van der Waals surface area contributed by atoms with Crippen molar-refractivity contribution >= 4 is 93.5 Å². The van der Waals surface area contributed by atoms with E-state index in [2.05, 4.69) is 161 Å². The molecule has 0 unspecified atom stereocenters. The quantitative estimate of drug-likeness (QED) is 0.192. The lowest BCUT2D eigenvalue weighted by atomic mass is 10.0. The molecule has 4 heteroatoms. The van der Waals surface area contributed by atoms with Crippen LogP contribution in [0.5, 0.6) is 0 Å². The highest BCUT2D eigenvalue weighted by Gasteiger charge is 2.26. The summed E-state index contributed by atoms with van der Waals surface area (Å²) in [6.07, 6.45) is 0. The highest BCUT2D eigenvalue weighted by Crippen LogP contribution is 2.50. The fourth-order valence-electron chi connectivity index (χ4n) is 8.09. The SMILES string of the molecule is c1ccc(-n2c3ccccc3c3c(N(c4cccc5oc6ccccc6c45)c4cccc5ccc6c7ccccc7oc6c45)cccc32)cc1. The smallest absolute Gasteiger partial charge is 0.145 e. The second-order valence-corrected chi connectivity index (χ2v) is 12.9. The van der Waals surface area contributed by atoms with E-state index in [9.17, 15) is 0 Å². The van der Waals surface area contributed by atoms with Gasteiger partial charge in [0.2, 0.25) is 0 Å². The second-order valence-electron chi connectivity index (χ2n) is 12.9. The minimum Gasteiger partial charge on any atom is -0.456 e. The van der Waals surface area contributed by atoms with Crippen LogP contribution in [0.15, 0.2) is 179 Å². The zero-order valence-corrected chi connectivity index (χ0v) is 26.9. The molecule has 0 bridgehead atoms. The zero-order chi connectivity index (χ0) is 32.8. The van der Waals surface area contributed by atoms with Crippen LogP contribution < -0.4 is 4.90 Å². The van der Waals surface area contributed by atoms with Gasteiger partial charge in [0, 0.05) is 38.0 Å². The van der Waals surface area contributed by atoms with Crippen molar-refractivity contribution in [2.45, 2.75) is 0 Å². The molecule has 0 radical (unpaired) electrons. The number of aromatic nitrogens is 1. The van der Waals surface area contributed by atoms with Crippen molar-refractivity contribution in [1.82, 2.24) is 4.57 Å². The lowest BCUT2D eigenvalue weighted by molar-refractivity contribution is 0.669. The minimum atomic E-state index is 0.849. The lowest BCUT2D eigenvalue weighted by Gasteiger charge is -2.28. The molecule has 0 aliphatic heterocycles. The maximum Gasteiger partial charge on any atom is 0.145 e. The summed E-state index contributed by atoms with van der Waals surface area (Å²) in [5.74, 6) is 0. The average molecular weight is 641 g/mol. The van der Waals surface area contributed by atoms with Gasteiger partial charge in [-0.2, -0.15) is 0 Å². The van der Waals surface area contributed by atoms with Gasteiger partial charge < -0.3 is 18.3 Å². The molecule has 4 nitrogen and oxygen atoms in total. The molecule has 0 atom stereocenters. The van der Waals surface area contributed by atoms with E-state index in [1.54, 1.807) is 0 Å². The van der Waals surface area contributed by atoms with Gasteiger partial charge in [-0.05, 0) is 72.1 Å². The van der Waals surface area contributed by atoms with Crippen molar-refractivity contribution in [3.63, 3.8) is 0 Å². The number of nitrogens with zero attached hydrogens (tertiary/aromatic N) is 2. The topological polar surface area (TPSA) is 34.5 Å². The van der Waals surface area contributed by atoms with Crippen molar-refractivity contribution in [3.8, 4) is 5.69 Å². The van der Waals surface area contributed by atoms with Gasteiger partial charge in [-0.25, -0.2) is 0 Å². The molecule has 0 saturated heterocycles. The number of hydrogen-bond donors (Lipinski definition) is 0. The summed E-state index contributed by atoms with van der Waals surface area (Å²) >= 11 is 0. The standard InChI is InChI=1S/C46H28N2O2/c1-2-14-30(15-3-1)47-35-19-7-4-17-33(35)44-37(47)21-11-22-38(44)48(39-23-12-26-42-45(39)34-18-6-9-25-41(34)49-42)36-20-10-13-29-27-28-32-31-16-5-8-24-40(31)50-46(32)43(29)36/h1-28H. The Morgan fingerprint density at radius 1 is 0.360 bits per heavy atom. The molecule has 0 saturated carbocycles. The molecule has 50 heavy (non-hydrogen) atoms. The third kappa shape index (κ3) is 3.76. The van der Waals surface area contributed by atoms with Gasteiger partial charge in [0.1, 0.15) is 22.3 Å². The Labute approximate surface area is 286 Å². The second kappa shape index (κ2) is 10.4. The van der Waals surface area contributed by atoms with Gasteiger partial charge in [-0.3, -0.25) is 0 Å². The third-order valence-electron chi connectivity index (χ3n) is 10.2. The Balaban J connectivity index is 1.33. The summed E-state index contributed by atoms with van der Waals surface area (Å²) in [6, 6.07) is 60.0. The zero-order valence-electron chi connectivity index (χ0n) is 26.9. The Kier molecular flexibility index (Phi) is 5.63. The molecule has 11 aromatic rings. The van der Waals surface area contributed by atoms with Crippen molar-refractivity contribution < 1.29 is 8.83 Å². The Hall–Kier alpha value is -6.78. The monoisotopic (exact) mass is 640 g/mol. The van der Waals surface area contributed by atoms with E-state index >= 15 is 0 Å². The fourth-order valence-corrected chi connectivity index (χ4v) is 8.09. The average Bonchev–Trinajstić information content (AvgIpc) is 3.85. The summed E-state index contributed by atoms with van der Waals surface area (Å²) in [7, 11) is 0. The Morgan fingerprint density at radius 2 is 0.960 bits per heavy atom. The third-order valence-corrected chi connectivity index (χ3v) is 10.2. The molecule has 3 aromatic heterocycles. The molecule has 0 aliphatic carbocycles. The Morgan fingerprint density at radius 3 is 1.80 bits per heavy atom. The number of rotatable bonds is 4. The number of anilines is 3. The molecular weight excluding hydrogens is 613 g/mol. The van der Waals surface area contributed by atoms with E-state index in [4.69, 9.17) is 8.83 Å². The van der Waals surface area contributed by atoms with E-state index < -0.39 is 0 Å². The van der Waals surface area contributed by atoms with Crippen LogP contribution in [0.4, 0.5) is 17.1 Å². The summed E-state index contributed by atoms with van der Waals surface area (Å²) in [6.45, 7) is 0. The predicted molar refractivity (Wildman–Crippen MR) is 208 cm³/mol. The van der Waals surface area contributed by atoms with Crippen molar-refractivity contribution in [1.29, 1.82) is 0 Å². The van der Waals surface area contributed by atoms with Crippen LogP contribution in [0.25, 0.3) is 82.1 Å². The molecule has 0 aliphatic rings. The van der Waals surface area contributed by atoms with Crippen LogP contribution >= 0.6 is 0 Å². The lowest BCUT2D eigenvalue weighted by Crippen LogP contribution is -2.11. The molecule has 11 rings (SSSR count). The predicted octanol–water partition coefficient (Wildman–Crippen LogP) is 13.2. The van der Waals surface area contributed by atoms with Gasteiger partial charge in [0.05, 0.1) is 33.5 Å². The van der Waals surface area contributed by atoms with E-state index in [1.165, 1.54) is 10.8 Å². The van der Waals surface area contributed by atoms with Crippen molar-refractivity contribution in [2.24, 2.45) is 0 Å². The normalized spacial score (nSPS) is 12.0. The van der Waals surface area contributed by atoms with Gasteiger partial charge in [0.25, 0.3) is 0 Å². The maximum atomic E-state index is 6.74. The first-order valence-corrected chi connectivity index (χ1v) is 16.9. The van der Waals surface area contributed by atoms with Crippen LogP contribution in [0.1, 0.15) is 0 Å². The number of furan rings is 2. The number of fused-ring (bicyclic) bond motifs is 11. The number of benzene rings is 8. The van der Waals surface area contributed by atoms with Crippen LogP contribution in [0.2, 0.25) is 0 Å². The largest absolute Gasteiger partial charge is 0.456 e. The molecule has 234 valence electrons. The first-order chi connectivity index (χ1) is 24.8.